The van der Waals surface area contributed by atoms with Crippen LogP contribution in [0.1, 0.15) is 32.6 Å². The first-order chi connectivity index (χ1) is 11.7. The number of carbonyl (C=O) groups excluding carboxylic acids is 1. The van der Waals surface area contributed by atoms with Gasteiger partial charge in [0, 0.05) is 19.0 Å². The molecule has 5 nitrogen and oxygen atoms in total. The molecule has 0 atom stereocenters. The van der Waals surface area contributed by atoms with Gasteiger partial charge in [0.15, 0.2) is 0 Å². The van der Waals surface area contributed by atoms with Crippen molar-refractivity contribution in [1.82, 2.24) is 10.2 Å². The second-order valence-electron chi connectivity index (χ2n) is 6.28. The zero-order valence-electron chi connectivity index (χ0n) is 14.9. The summed E-state index contributed by atoms with van der Waals surface area (Å²) in [5.74, 6) is 2.15. The van der Waals surface area contributed by atoms with Gasteiger partial charge in [0.05, 0.1) is 13.7 Å². The number of piperidine rings is 1. The Hall–Kier alpha value is -1.75. The summed E-state index contributed by atoms with van der Waals surface area (Å²) in [6.45, 7) is 6.63. The van der Waals surface area contributed by atoms with Crippen molar-refractivity contribution in [1.29, 1.82) is 0 Å². The molecule has 0 saturated carbocycles. The Morgan fingerprint density at radius 3 is 2.50 bits per heavy atom. The normalized spacial score (nSPS) is 15.9. The highest BCUT2D eigenvalue weighted by molar-refractivity contribution is 5.78. The standard InChI is InChI=1S/C19H30N2O3/c1-3-11-20-19(22)16-9-13-21(14-10-16)12-4-15-24-18-7-5-17(23-2)6-8-18/h5-8,16H,3-4,9-15H2,1-2H3,(H,20,22). The lowest BCUT2D eigenvalue weighted by Gasteiger charge is -2.31. The van der Waals surface area contributed by atoms with E-state index in [0.717, 1.165) is 63.4 Å². The molecule has 1 N–H and O–H groups in total. The lowest BCUT2D eigenvalue weighted by atomic mass is 9.96. The van der Waals surface area contributed by atoms with Crippen LogP contribution in [0.15, 0.2) is 24.3 Å². The third-order valence-corrected chi connectivity index (χ3v) is 4.45. The summed E-state index contributed by atoms with van der Waals surface area (Å²) < 4.78 is 10.9. The zero-order chi connectivity index (χ0) is 17.2. The second kappa shape index (κ2) is 10.2. The molecule has 1 fully saturated rings. The molecule has 0 aliphatic carbocycles. The van der Waals surface area contributed by atoms with Crippen molar-refractivity contribution in [3.8, 4) is 11.5 Å². The number of amides is 1. The van der Waals surface area contributed by atoms with E-state index >= 15 is 0 Å². The molecule has 1 aromatic rings. The predicted octanol–water partition coefficient (Wildman–Crippen LogP) is 2.70. The molecule has 1 saturated heterocycles. The van der Waals surface area contributed by atoms with E-state index in [9.17, 15) is 4.79 Å². The fourth-order valence-corrected chi connectivity index (χ4v) is 2.96. The Labute approximate surface area is 145 Å². The number of carbonyl (C=O) groups is 1. The molecule has 0 radical (unpaired) electrons. The Balaban J connectivity index is 1.58. The van der Waals surface area contributed by atoms with Gasteiger partial charge in [-0.15, -0.1) is 0 Å². The molecule has 0 aromatic heterocycles. The van der Waals surface area contributed by atoms with Gasteiger partial charge in [0.1, 0.15) is 11.5 Å². The highest BCUT2D eigenvalue weighted by Crippen LogP contribution is 2.19. The number of nitrogens with one attached hydrogen (secondary N) is 1. The number of nitrogens with zero attached hydrogens (tertiary/aromatic N) is 1. The first-order valence-corrected chi connectivity index (χ1v) is 9.00. The van der Waals surface area contributed by atoms with Crippen LogP contribution in [0.25, 0.3) is 0 Å². The van der Waals surface area contributed by atoms with E-state index in [1.807, 2.05) is 24.3 Å². The molecule has 1 aliphatic heterocycles. The third kappa shape index (κ3) is 6.04. The van der Waals surface area contributed by atoms with Gasteiger partial charge in [0.2, 0.25) is 5.91 Å². The quantitative estimate of drug-likeness (QED) is 0.706. The van der Waals surface area contributed by atoms with Gasteiger partial charge >= 0.3 is 0 Å². The van der Waals surface area contributed by atoms with Gasteiger partial charge in [-0.1, -0.05) is 6.92 Å². The summed E-state index contributed by atoms with van der Waals surface area (Å²) in [7, 11) is 1.66. The topological polar surface area (TPSA) is 50.8 Å². The molecule has 134 valence electrons. The Morgan fingerprint density at radius 1 is 1.21 bits per heavy atom. The minimum absolute atomic E-state index is 0.198. The van der Waals surface area contributed by atoms with Crippen molar-refractivity contribution in [2.24, 2.45) is 5.92 Å². The Kier molecular flexibility index (Phi) is 7.89. The zero-order valence-corrected chi connectivity index (χ0v) is 14.9. The van der Waals surface area contributed by atoms with Gasteiger partial charge in [-0.25, -0.2) is 0 Å². The first-order valence-electron chi connectivity index (χ1n) is 9.00. The van der Waals surface area contributed by atoms with Crippen molar-refractivity contribution in [3.63, 3.8) is 0 Å². The molecule has 0 bridgehead atoms. The smallest absolute Gasteiger partial charge is 0.223 e. The third-order valence-electron chi connectivity index (χ3n) is 4.45. The van der Waals surface area contributed by atoms with Crippen LogP contribution in [0.5, 0.6) is 11.5 Å². The molecule has 0 spiro atoms. The van der Waals surface area contributed by atoms with E-state index in [2.05, 4.69) is 17.1 Å². The SMILES string of the molecule is CCCNC(=O)C1CCN(CCCOc2ccc(OC)cc2)CC1. The van der Waals surface area contributed by atoms with Crippen LogP contribution in [0.3, 0.4) is 0 Å². The highest BCUT2D eigenvalue weighted by atomic mass is 16.5. The van der Waals surface area contributed by atoms with Crippen LogP contribution in [0.4, 0.5) is 0 Å². The summed E-state index contributed by atoms with van der Waals surface area (Å²) in [5.41, 5.74) is 0. The molecular weight excluding hydrogens is 304 g/mol. The van der Waals surface area contributed by atoms with Gasteiger partial charge in [-0.05, 0) is 63.0 Å². The number of rotatable bonds is 9. The maximum Gasteiger partial charge on any atom is 0.223 e. The predicted molar refractivity (Wildman–Crippen MR) is 95.6 cm³/mol. The molecule has 1 heterocycles. The van der Waals surface area contributed by atoms with Crippen molar-refractivity contribution >= 4 is 5.91 Å². The molecule has 1 aromatic carbocycles. The summed E-state index contributed by atoms with van der Waals surface area (Å²) >= 11 is 0. The molecule has 24 heavy (non-hydrogen) atoms. The minimum atomic E-state index is 0.198. The molecule has 5 heteroatoms. The number of benzene rings is 1. The van der Waals surface area contributed by atoms with E-state index in [4.69, 9.17) is 9.47 Å². The Morgan fingerprint density at radius 2 is 1.88 bits per heavy atom. The molecule has 2 rings (SSSR count). The maximum atomic E-state index is 12.0. The van der Waals surface area contributed by atoms with Crippen LogP contribution >= 0.6 is 0 Å². The van der Waals surface area contributed by atoms with Crippen molar-refractivity contribution < 1.29 is 14.3 Å². The maximum absolute atomic E-state index is 12.0. The van der Waals surface area contributed by atoms with Crippen LogP contribution in [0, 0.1) is 5.92 Å². The van der Waals surface area contributed by atoms with Gasteiger partial charge in [-0.3, -0.25) is 4.79 Å². The number of likely N-dealkylation sites (tertiary alicyclic amines) is 1. The van der Waals surface area contributed by atoms with E-state index in [1.54, 1.807) is 7.11 Å². The van der Waals surface area contributed by atoms with Crippen molar-refractivity contribution in [2.45, 2.75) is 32.6 Å². The van der Waals surface area contributed by atoms with Gasteiger partial charge in [-0.2, -0.15) is 0 Å². The van der Waals surface area contributed by atoms with E-state index in [0.29, 0.717) is 6.61 Å². The Bertz CT molecular complexity index is 482. The molecule has 0 unspecified atom stereocenters. The summed E-state index contributed by atoms with van der Waals surface area (Å²) in [6.07, 6.45) is 3.93. The van der Waals surface area contributed by atoms with E-state index < -0.39 is 0 Å². The van der Waals surface area contributed by atoms with Crippen LogP contribution in [-0.2, 0) is 4.79 Å². The monoisotopic (exact) mass is 334 g/mol. The van der Waals surface area contributed by atoms with Crippen LogP contribution in [0.2, 0.25) is 0 Å². The molecular formula is C19H30N2O3. The second-order valence-corrected chi connectivity index (χ2v) is 6.28. The average molecular weight is 334 g/mol. The summed E-state index contributed by atoms with van der Waals surface area (Å²) in [4.78, 5) is 14.4. The molecule has 1 aliphatic rings. The van der Waals surface area contributed by atoms with Crippen molar-refractivity contribution in [3.05, 3.63) is 24.3 Å². The fourth-order valence-electron chi connectivity index (χ4n) is 2.96. The largest absolute Gasteiger partial charge is 0.497 e. The number of hydrogen-bond acceptors (Lipinski definition) is 4. The van der Waals surface area contributed by atoms with E-state index in [1.165, 1.54) is 0 Å². The minimum Gasteiger partial charge on any atom is -0.497 e. The number of methoxy groups -OCH3 is 1. The summed E-state index contributed by atoms with van der Waals surface area (Å²) in [5, 5.41) is 3.01. The lowest BCUT2D eigenvalue weighted by molar-refractivity contribution is -0.126. The van der Waals surface area contributed by atoms with Gasteiger partial charge < -0.3 is 19.7 Å². The van der Waals surface area contributed by atoms with E-state index in [-0.39, 0.29) is 11.8 Å². The van der Waals surface area contributed by atoms with Crippen LogP contribution in [-0.4, -0.2) is 50.7 Å². The van der Waals surface area contributed by atoms with Gasteiger partial charge in [0.25, 0.3) is 0 Å². The lowest BCUT2D eigenvalue weighted by Crippen LogP contribution is -2.41. The summed E-state index contributed by atoms with van der Waals surface area (Å²) in [6, 6.07) is 7.67. The van der Waals surface area contributed by atoms with Crippen LogP contribution < -0.4 is 14.8 Å². The number of ether oxygens (including phenoxy) is 2. The number of hydrogen-bond donors (Lipinski definition) is 1. The first kappa shape index (κ1) is 18.6. The fraction of sp³-hybridized carbons (Fsp3) is 0.632. The highest BCUT2D eigenvalue weighted by Gasteiger charge is 2.24. The average Bonchev–Trinajstić information content (AvgIpc) is 2.64. The molecule has 1 amide bonds. The van der Waals surface area contributed by atoms with Crippen molar-refractivity contribution in [2.75, 3.05) is 39.9 Å².